The number of carbonyl (C=O) groups is 1. The maximum atomic E-state index is 10.6. The predicted octanol–water partition coefficient (Wildman–Crippen LogP) is 0.481. The monoisotopic (exact) mass is 161 g/mol. The van der Waals surface area contributed by atoms with Crippen LogP contribution in [0, 0.1) is 0 Å². The highest BCUT2D eigenvalue weighted by molar-refractivity contribution is 5.70. The van der Waals surface area contributed by atoms with E-state index in [4.69, 9.17) is 0 Å². The summed E-state index contributed by atoms with van der Waals surface area (Å²) >= 11 is 0. The van der Waals surface area contributed by atoms with Gasteiger partial charge in [-0.1, -0.05) is 13.3 Å². The van der Waals surface area contributed by atoms with Crippen molar-refractivity contribution in [1.29, 1.82) is 0 Å². The van der Waals surface area contributed by atoms with E-state index >= 15 is 0 Å². The van der Waals surface area contributed by atoms with Crippen LogP contribution in [-0.2, 0) is 14.6 Å². The van der Waals surface area contributed by atoms with E-state index in [1.54, 1.807) is 0 Å². The molecule has 1 N–H and O–H groups in total. The molecule has 4 nitrogen and oxygen atoms in total. The first-order chi connectivity index (χ1) is 5.31. The van der Waals surface area contributed by atoms with Crippen molar-refractivity contribution in [2.45, 2.75) is 19.8 Å². The van der Waals surface area contributed by atoms with Crippen LogP contribution in [0.3, 0.4) is 0 Å². The Bertz CT molecular complexity index is 106. The van der Waals surface area contributed by atoms with Crippen molar-refractivity contribution in [1.82, 2.24) is 5.32 Å². The third-order valence-electron chi connectivity index (χ3n) is 1.15. The Morgan fingerprint density at radius 3 is 2.82 bits per heavy atom. The van der Waals surface area contributed by atoms with Gasteiger partial charge in [-0.3, -0.25) is 4.89 Å². The largest absolute Gasteiger partial charge is 0.355 e. The first-order valence-corrected chi connectivity index (χ1v) is 3.75. The van der Waals surface area contributed by atoms with Crippen molar-refractivity contribution < 1.29 is 14.6 Å². The van der Waals surface area contributed by atoms with Crippen LogP contribution in [0.1, 0.15) is 19.8 Å². The van der Waals surface area contributed by atoms with Gasteiger partial charge in [0.1, 0.15) is 0 Å². The van der Waals surface area contributed by atoms with E-state index in [1.165, 1.54) is 7.11 Å². The summed E-state index contributed by atoms with van der Waals surface area (Å²) in [6, 6.07) is 0. The van der Waals surface area contributed by atoms with Crippen molar-refractivity contribution in [2.75, 3.05) is 20.2 Å². The molecule has 0 bridgehead atoms. The summed E-state index contributed by atoms with van der Waals surface area (Å²) < 4.78 is 0. The van der Waals surface area contributed by atoms with Crippen molar-refractivity contribution in [3.8, 4) is 0 Å². The number of rotatable bonds is 6. The molecule has 66 valence electrons. The van der Waals surface area contributed by atoms with Crippen LogP contribution >= 0.6 is 0 Å². The Balaban J connectivity index is 3.04. The average Bonchev–Trinajstić information content (AvgIpc) is 1.99. The first-order valence-electron chi connectivity index (χ1n) is 3.75. The third kappa shape index (κ3) is 7.29. The summed E-state index contributed by atoms with van der Waals surface area (Å²) in [5.74, 6) is -0.386. The van der Waals surface area contributed by atoms with E-state index in [1.807, 2.05) is 0 Å². The summed E-state index contributed by atoms with van der Waals surface area (Å²) in [5, 5.41) is 2.92. The van der Waals surface area contributed by atoms with E-state index in [-0.39, 0.29) is 12.5 Å². The zero-order valence-electron chi connectivity index (χ0n) is 7.05. The molecule has 0 aliphatic carbocycles. The van der Waals surface area contributed by atoms with Gasteiger partial charge in [0.2, 0.25) is 0 Å². The minimum absolute atomic E-state index is 0.216. The fraction of sp³-hybridized carbons (Fsp3) is 0.857. The Morgan fingerprint density at radius 1 is 1.55 bits per heavy atom. The van der Waals surface area contributed by atoms with Gasteiger partial charge in [0, 0.05) is 0 Å². The highest BCUT2D eigenvalue weighted by Crippen LogP contribution is 1.82. The van der Waals surface area contributed by atoms with Crippen molar-refractivity contribution in [3.05, 3.63) is 0 Å². The van der Waals surface area contributed by atoms with E-state index in [0.29, 0.717) is 0 Å². The van der Waals surface area contributed by atoms with E-state index in [0.717, 1.165) is 19.4 Å². The molecule has 0 fully saturated rings. The van der Waals surface area contributed by atoms with Crippen LogP contribution in [0.15, 0.2) is 0 Å². The van der Waals surface area contributed by atoms with Crippen LogP contribution in [0.4, 0.5) is 0 Å². The quantitative estimate of drug-likeness (QED) is 0.349. The van der Waals surface area contributed by atoms with Crippen molar-refractivity contribution in [2.24, 2.45) is 0 Å². The molecule has 0 saturated heterocycles. The number of hydrogen-bond acceptors (Lipinski definition) is 4. The maximum Gasteiger partial charge on any atom is 0.355 e. The van der Waals surface area contributed by atoms with Crippen LogP contribution < -0.4 is 5.32 Å². The molecule has 11 heavy (non-hydrogen) atoms. The van der Waals surface area contributed by atoms with Crippen LogP contribution in [0.2, 0.25) is 0 Å². The lowest BCUT2D eigenvalue weighted by atomic mass is 10.3. The Kier molecular flexibility index (Phi) is 7.08. The number of hydrogen-bond donors (Lipinski definition) is 1. The van der Waals surface area contributed by atoms with Gasteiger partial charge >= 0.3 is 5.97 Å². The summed E-state index contributed by atoms with van der Waals surface area (Å²) in [6.07, 6.45) is 2.19. The molecule has 0 saturated carbocycles. The van der Waals surface area contributed by atoms with Gasteiger partial charge in [-0.25, -0.2) is 4.79 Å². The second-order valence-electron chi connectivity index (χ2n) is 2.15. The Labute approximate surface area is 66.8 Å². The molecule has 0 aromatic rings. The summed E-state index contributed by atoms with van der Waals surface area (Å²) in [4.78, 5) is 19.0. The van der Waals surface area contributed by atoms with Gasteiger partial charge in [-0.05, 0) is 13.0 Å². The van der Waals surface area contributed by atoms with Gasteiger partial charge < -0.3 is 5.32 Å². The van der Waals surface area contributed by atoms with Crippen LogP contribution in [-0.4, -0.2) is 26.2 Å². The zero-order valence-corrected chi connectivity index (χ0v) is 7.05. The first kappa shape index (κ1) is 10.4. The molecule has 0 atom stereocenters. The number of carbonyl (C=O) groups excluding carboxylic acids is 1. The molecule has 0 radical (unpaired) electrons. The van der Waals surface area contributed by atoms with Gasteiger partial charge in [0.25, 0.3) is 0 Å². The lowest BCUT2D eigenvalue weighted by Gasteiger charge is -2.01. The molecule has 4 heteroatoms. The highest BCUT2D eigenvalue weighted by Gasteiger charge is 1.99. The zero-order chi connectivity index (χ0) is 8.53. The fourth-order valence-corrected chi connectivity index (χ4v) is 0.615. The van der Waals surface area contributed by atoms with Crippen molar-refractivity contribution in [3.63, 3.8) is 0 Å². The van der Waals surface area contributed by atoms with Crippen LogP contribution in [0.5, 0.6) is 0 Å². The summed E-state index contributed by atoms with van der Waals surface area (Å²) in [5.41, 5.74) is 0. The molecule has 0 aliphatic rings. The van der Waals surface area contributed by atoms with Gasteiger partial charge in [-0.2, -0.15) is 4.89 Å². The molecule has 0 heterocycles. The van der Waals surface area contributed by atoms with Gasteiger partial charge in [0.15, 0.2) is 0 Å². The fourth-order valence-electron chi connectivity index (χ4n) is 0.615. The molecule has 0 aliphatic heterocycles. The molecule has 0 aromatic heterocycles. The standard InChI is InChI=1S/C7H15NO3/c1-3-4-5-8-6-7(9)11-10-2/h8H,3-6H2,1-2H3. The molecular formula is C7H15NO3. The minimum atomic E-state index is -0.386. The SMILES string of the molecule is CCCCNCC(=O)OOC. The van der Waals surface area contributed by atoms with Crippen molar-refractivity contribution >= 4 is 5.97 Å². The third-order valence-corrected chi connectivity index (χ3v) is 1.15. The van der Waals surface area contributed by atoms with E-state index in [9.17, 15) is 4.79 Å². The summed E-state index contributed by atoms with van der Waals surface area (Å²) in [6.45, 7) is 3.15. The lowest BCUT2D eigenvalue weighted by Crippen LogP contribution is -2.25. The predicted molar refractivity (Wildman–Crippen MR) is 40.9 cm³/mol. The lowest BCUT2D eigenvalue weighted by molar-refractivity contribution is -0.253. The highest BCUT2D eigenvalue weighted by atomic mass is 17.2. The Morgan fingerprint density at radius 2 is 2.27 bits per heavy atom. The smallest absolute Gasteiger partial charge is 0.307 e. The topological polar surface area (TPSA) is 47.6 Å². The Hall–Kier alpha value is -0.610. The van der Waals surface area contributed by atoms with E-state index in [2.05, 4.69) is 22.0 Å². The average molecular weight is 161 g/mol. The number of nitrogens with one attached hydrogen (secondary N) is 1. The number of unbranched alkanes of at least 4 members (excludes halogenated alkanes) is 1. The molecule has 0 spiro atoms. The molecule has 0 unspecified atom stereocenters. The molecule has 0 amide bonds. The summed E-state index contributed by atoms with van der Waals surface area (Å²) in [7, 11) is 1.31. The second-order valence-corrected chi connectivity index (χ2v) is 2.15. The minimum Gasteiger partial charge on any atom is -0.307 e. The second kappa shape index (κ2) is 7.50. The van der Waals surface area contributed by atoms with Crippen LogP contribution in [0.25, 0.3) is 0 Å². The maximum absolute atomic E-state index is 10.6. The molecular weight excluding hydrogens is 146 g/mol. The van der Waals surface area contributed by atoms with E-state index < -0.39 is 0 Å². The molecule has 0 rings (SSSR count). The van der Waals surface area contributed by atoms with Gasteiger partial charge in [0.05, 0.1) is 13.7 Å². The normalized spacial score (nSPS) is 9.64. The molecule has 0 aromatic carbocycles. The van der Waals surface area contributed by atoms with Gasteiger partial charge in [-0.15, -0.1) is 0 Å².